The monoisotopic (exact) mass is 607 g/mol. The second kappa shape index (κ2) is 12.2. The van der Waals surface area contributed by atoms with Gasteiger partial charge in [-0.15, -0.1) is 5.10 Å². The molecule has 12 heteroatoms. The van der Waals surface area contributed by atoms with Crippen LogP contribution in [0.15, 0.2) is 30.5 Å². The summed E-state index contributed by atoms with van der Waals surface area (Å²) in [6.45, 7) is 14.4. The number of anilines is 1. The number of amides is 2. The van der Waals surface area contributed by atoms with E-state index in [2.05, 4.69) is 29.9 Å². The molecule has 3 aromatic heterocycles. The molecule has 2 atom stereocenters. The highest BCUT2D eigenvalue weighted by Gasteiger charge is 2.42. The summed E-state index contributed by atoms with van der Waals surface area (Å²) < 4.78 is 13.7. The fourth-order valence-electron chi connectivity index (χ4n) is 5.64. The zero-order valence-electron chi connectivity index (χ0n) is 26.5. The molecule has 0 spiro atoms. The maximum absolute atomic E-state index is 13.7. The second-order valence-electron chi connectivity index (χ2n) is 13.8. The molecule has 1 saturated heterocycles. The predicted molar refractivity (Wildman–Crippen MR) is 170 cm³/mol. The standard InChI is InChI=1S/C31H45N7O4Si/c1-31(2,3)42-30(40)37-19-21-18-25(37)29(39)36(4)15-9-11-24-27-22(23-10-8-12-26(33-21)34-23)13-14-32-28(27)35-38(24)20-41-16-17-43(5,6)7/h8,10,12-14,21,25H,9,11,15-20H2,1-7H3,(H,33,34)/t21-,25-/m0/s1. The van der Waals surface area contributed by atoms with Crippen molar-refractivity contribution in [3.8, 4) is 11.3 Å². The molecule has 5 heterocycles. The van der Waals surface area contributed by atoms with Crippen LogP contribution in [0.4, 0.5) is 10.6 Å². The first kappa shape index (κ1) is 30.9. The van der Waals surface area contributed by atoms with Gasteiger partial charge in [-0.05, 0) is 64.3 Å². The summed E-state index contributed by atoms with van der Waals surface area (Å²) in [6.07, 6.45) is 3.14. The third kappa shape index (κ3) is 7.35. The van der Waals surface area contributed by atoms with Crippen molar-refractivity contribution in [2.75, 3.05) is 32.1 Å². The van der Waals surface area contributed by atoms with Crippen LogP contribution in [0.2, 0.25) is 25.7 Å². The van der Waals surface area contributed by atoms with E-state index in [1.165, 1.54) is 0 Å². The molecule has 2 aliphatic heterocycles. The quantitative estimate of drug-likeness (QED) is 0.318. The van der Waals surface area contributed by atoms with Gasteiger partial charge >= 0.3 is 6.09 Å². The molecule has 0 radical (unpaired) electrons. The Labute approximate surface area is 255 Å². The number of rotatable bonds is 5. The van der Waals surface area contributed by atoms with Gasteiger partial charge in [-0.3, -0.25) is 9.69 Å². The molecule has 2 amide bonds. The Morgan fingerprint density at radius 2 is 1.98 bits per heavy atom. The topological polar surface area (TPSA) is 115 Å². The molecule has 11 nitrogen and oxygen atoms in total. The van der Waals surface area contributed by atoms with Gasteiger partial charge in [0.15, 0.2) is 5.65 Å². The third-order valence-corrected chi connectivity index (χ3v) is 9.54. The van der Waals surface area contributed by atoms with Gasteiger partial charge in [0.1, 0.15) is 24.2 Å². The van der Waals surface area contributed by atoms with Crippen molar-refractivity contribution in [3.63, 3.8) is 0 Å². The maximum atomic E-state index is 13.7. The van der Waals surface area contributed by atoms with Crippen LogP contribution in [0.25, 0.3) is 22.3 Å². The average molecular weight is 608 g/mol. The fraction of sp³-hybridized carbons (Fsp3) is 0.581. The van der Waals surface area contributed by atoms with Crippen LogP contribution in [0.5, 0.6) is 0 Å². The van der Waals surface area contributed by atoms with Crippen LogP contribution in [-0.4, -0.2) is 94.1 Å². The lowest BCUT2D eigenvalue weighted by Crippen LogP contribution is -2.48. The number of likely N-dealkylation sites (N-methyl/N-ethyl adjacent to an activating group) is 1. The summed E-state index contributed by atoms with van der Waals surface area (Å²) >= 11 is 0. The molecule has 4 bridgehead atoms. The number of aryl methyl sites for hydroxylation is 1. The van der Waals surface area contributed by atoms with Crippen LogP contribution in [0.3, 0.4) is 0 Å². The number of carbonyl (C=O) groups is 2. The van der Waals surface area contributed by atoms with E-state index in [0.717, 1.165) is 28.4 Å². The Kier molecular flexibility index (Phi) is 8.80. The number of nitrogens with one attached hydrogen (secondary N) is 1. The summed E-state index contributed by atoms with van der Waals surface area (Å²) in [6, 6.07) is 8.15. The van der Waals surface area contributed by atoms with E-state index in [0.29, 0.717) is 57.2 Å². The van der Waals surface area contributed by atoms with Crippen LogP contribution >= 0.6 is 0 Å². The number of fused-ring (bicyclic) bond motifs is 5. The first-order valence-corrected chi connectivity index (χ1v) is 18.9. The van der Waals surface area contributed by atoms with Gasteiger partial charge in [0, 0.05) is 52.6 Å². The van der Waals surface area contributed by atoms with Gasteiger partial charge in [0.25, 0.3) is 0 Å². The SMILES string of the molecule is CN1CCCc2c3c(ccnc3nn2COCC[Si](C)(C)C)-c2cccc(n2)N[C@H]2C[C@@H](C1=O)N(C(=O)OC(C)(C)C)C2. The molecule has 1 fully saturated rings. The second-order valence-corrected chi connectivity index (χ2v) is 19.5. The number of pyridine rings is 2. The van der Waals surface area contributed by atoms with E-state index in [9.17, 15) is 9.59 Å². The van der Waals surface area contributed by atoms with Crippen molar-refractivity contribution in [2.45, 2.75) is 90.1 Å². The van der Waals surface area contributed by atoms with Crippen LogP contribution < -0.4 is 5.32 Å². The van der Waals surface area contributed by atoms with Crippen LogP contribution in [0, 0.1) is 0 Å². The minimum Gasteiger partial charge on any atom is -0.444 e. The normalized spacial score (nSPS) is 19.7. The number of ether oxygens (including phenoxy) is 2. The van der Waals surface area contributed by atoms with Crippen molar-refractivity contribution >= 4 is 36.9 Å². The number of aromatic nitrogens is 4. The zero-order chi connectivity index (χ0) is 30.9. The Hall–Kier alpha value is -3.51. The van der Waals surface area contributed by atoms with Crippen molar-refractivity contribution in [1.82, 2.24) is 29.5 Å². The van der Waals surface area contributed by atoms with Gasteiger partial charge in [0.2, 0.25) is 5.91 Å². The summed E-state index contributed by atoms with van der Waals surface area (Å²) in [4.78, 5) is 39.8. The molecular weight excluding hydrogens is 562 g/mol. The zero-order valence-corrected chi connectivity index (χ0v) is 27.5. The third-order valence-electron chi connectivity index (χ3n) is 7.83. The van der Waals surface area contributed by atoms with Crippen molar-refractivity contribution in [1.29, 1.82) is 0 Å². The van der Waals surface area contributed by atoms with Crippen molar-refractivity contribution < 1.29 is 19.1 Å². The Morgan fingerprint density at radius 1 is 1.19 bits per heavy atom. The van der Waals surface area contributed by atoms with Gasteiger partial charge < -0.3 is 19.7 Å². The Balaban J connectivity index is 1.50. The highest BCUT2D eigenvalue weighted by molar-refractivity contribution is 6.76. The van der Waals surface area contributed by atoms with Gasteiger partial charge in [0.05, 0.1) is 16.8 Å². The molecule has 0 unspecified atom stereocenters. The van der Waals surface area contributed by atoms with E-state index >= 15 is 0 Å². The Bertz CT molecular complexity index is 1480. The largest absolute Gasteiger partial charge is 0.444 e. The molecule has 5 rings (SSSR count). The number of hydrogen-bond acceptors (Lipinski definition) is 8. The number of carbonyl (C=O) groups excluding carboxylic acids is 2. The molecule has 2 aliphatic rings. The first-order valence-electron chi connectivity index (χ1n) is 15.2. The molecule has 3 aromatic rings. The first-order chi connectivity index (χ1) is 20.3. The summed E-state index contributed by atoms with van der Waals surface area (Å²) in [7, 11) is 0.580. The summed E-state index contributed by atoms with van der Waals surface area (Å²) in [5.41, 5.74) is 2.76. The van der Waals surface area contributed by atoms with Crippen LogP contribution in [0.1, 0.15) is 39.3 Å². The molecule has 232 valence electrons. The van der Waals surface area contributed by atoms with Crippen LogP contribution in [-0.2, 0) is 27.4 Å². The van der Waals surface area contributed by atoms with Gasteiger partial charge in [-0.1, -0.05) is 25.7 Å². The lowest BCUT2D eigenvalue weighted by Gasteiger charge is -2.30. The lowest BCUT2D eigenvalue weighted by atomic mass is 10.0. The van der Waals surface area contributed by atoms with Gasteiger partial charge in [-0.2, -0.15) is 0 Å². The van der Waals surface area contributed by atoms with Crippen molar-refractivity contribution in [2.24, 2.45) is 0 Å². The Morgan fingerprint density at radius 3 is 2.72 bits per heavy atom. The fourth-order valence-corrected chi connectivity index (χ4v) is 6.39. The maximum Gasteiger partial charge on any atom is 0.411 e. The minimum atomic E-state index is -1.23. The molecule has 43 heavy (non-hydrogen) atoms. The molecular formula is C31H45N7O4Si. The van der Waals surface area contributed by atoms with E-state index in [1.807, 2.05) is 49.7 Å². The average Bonchev–Trinajstić information content (AvgIpc) is 3.50. The molecule has 0 aromatic carbocycles. The molecule has 1 N–H and O–H groups in total. The number of nitrogens with zero attached hydrogens (tertiary/aromatic N) is 6. The van der Waals surface area contributed by atoms with E-state index in [-0.39, 0.29) is 11.9 Å². The highest BCUT2D eigenvalue weighted by Crippen LogP contribution is 2.32. The smallest absolute Gasteiger partial charge is 0.411 e. The lowest BCUT2D eigenvalue weighted by molar-refractivity contribution is -0.134. The predicted octanol–water partition coefficient (Wildman–Crippen LogP) is 5.00. The van der Waals surface area contributed by atoms with Crippen molar-refractivity contribution in [3.05, 3.63) is 36.2 Å². The van der Waals surface area contributed by atoms with Gasteiger partial charge in [-0.25, -0.2) is 19.4 Å². The minimum absolute atomic E-state index is 0.0952. The highest BCUT2D eigenvalue weighted by atomic mass is 28.3. The number of likely N-dealkylation sites (tertiary alicyclic amines) is 1. The van der Waals surface area contributed by atoms with E-state index in [1.54, 1.807) is 23.0 Å². The van der Waals surface area contributed by atoms with E-state index in [4.69, 9.17) is 19.6 Å². The summed E-state index contributed by atoms with van der Waals surface area (Å²) in [5, 5.41) is 9.28. The number of hydrogen-bond donors (Lipinski definition) is 1. The van der Waals surface area contributed by atoms with E-state index < -0.39 is 25.8 Å². The molecule has 0 aliphatic carbocycles. The summed E-state index contributed by atoms with van der Waals surface area (Å²) in [5.74, 6) is 0.582. The molecule has 0 saturated carbocycles.